The van der Waals surface area contributed by atoms with Crippen molar-refractivity contribution in [3.05, 3.63) is 53.7 Å². The molecule has 31 heavy (non-hydrogen) atoms. The van der Waals surface area contributed by atoms with Gasteiger partial charge in [0.2, 0.25) is 10.0 Å². The molecule has 4 rings (SSSR count). The number of fused-ring (bicyclic) bond motifs is 1. The summed E-state index contributed by atoms with van der Waals surface area (Å²) in [6.07, 6.45) is 3.42. The SMILES string of the molecule is CCS(=O)(=O)N1CCC(c2c[nH]c3c(C(N)=O)cc(-c4ccc(OC)cc4)cc23)CC1. The molecule has 3 aromatic rings. The van der Waals surface area contributed by atoms with Crippen LogP contribution in [-0.4, -0.2) is 49.6 Å². The Bertz CT molecular complexity index is 1210. The van der Waals surface area contributed by atoms with E-state index in [1.165, 1.54) is 0 Å². The number of carbonyl (C=O) groups is 1. The van der Waals surface area contributed by atoms with E-state index in [2.05, 4.69) is 11.1 Å². The fraction of sp³-hybridized carbons (Fsp3) is 0.348. The second-order valence-electron chi connectivity index (χ2n) is 7.86. The molecule has 2 heterocycles. The van der Waals surface area contributed by atoms with Gasteiger partial charge < -0.3 is 15.5 Å². The summed E-state index contributed by atoms with van der Waals surface area (Å²) >= 11 is 0. The first-order valence-corrected chi connectivity index (χ1v) is 12.0. The van der Waals surface area contributed by atoms with Crippen molar-refractivity contribution in [2.24, 2.45) is 5.73 Å². The van der Waals surface area contributed by atoms with Crippen molar-refractivity contribution in [1.82, 2.24) is 9.29 Å². The van der Waals surface area contributed by atoms with Gasteiger partial charge in [0.1, 0.15) is 5.75 Å². The molecule has 0 radical (unpaired) electrons. The zero-order chi connectivity index (χ0) is 22.2. The number of benzene rings is 2. The number of hydrogen-bond donors (Lipinski definition) is 2. The Kier molecular flexibility index (Phi) is 5.77. The molecule has 2 aromatic carbocycles. The first-order chi connectivity index (χ1) is 14.8. The zero-order valence-corrected chi connectivity index (χ0v) is 18.5. The van der Waals surface area contributed by atoms with Crippen molar-refractivity contribution < 1.29 is 17.9 Å². The Hall–Kier alpha value is -2.84. The third-order valence-corrected chi connectivity index (χ3v) is 8.04. The number of hydrogen-bond acceptors (Lipinski definition) is 4. The molecular formula is C23H27N3O4S. The number of piperidine rings is 1. The summed E-state index contributed by atoms with van der Waals surface area (Å²) in [6.45, 7) is 2.69. The number of methoxy groups -OCH3 is 1. The van der Waals surface area contributed by atoms with Crippen molar-refractivity contribution in [2.45, 2.75) is 25.7 Å². The lowest BCUT2D eigenvalue weighted by atomic mass is 9.88. The molecule has 1 aliphatic heterocycles. The summed E-state index contributed by atoms with van der Waals surface area (Å²) in [5, 5.41) is 0.957. The molecule has 8 heteroatoms. The molecule has 164 valence electrons. The number of nitrogens with one attached hydrogen (secondary N) is 1. The van der Waals surface area contributed by atoms with Gasteiger partial charge in [-0.2, -0.15) is 0 Å². The van der Waals surface area contributed by atoms with E-state index in [4.69, 9.17) is 10.5 Å². The van der Waals surface area contributed by atoms with Gasteiger partial charge in [-0.15, -0.1) is 0 Å². The Balaban J connectivity index is 1.72. The Morgan fingerprint density at radius 2 is 1.84 bits per heavy atom. The maximum Gasteiger partial charge on any atom is 0.250 e. The van der Waals surface area contributed by atoms with Gasteiger partial charge in [0.15, 0.2) is 0 Å². The molecule has 7 nitrogen and oxygen atoms in total. The van der Waals surface area contributed by atoms with Gasteiger partial charge >= 0.3 is 0 Å². The minimum atomic E-state index is -3.17. The topological polar surface area (TPSA) is 105 Å². The summed E-state index contributed by atoms with van der Waals surface area (Å²) in [6, 6.07) is 11.5. The summed E-state index contributed by atoms with van der Waals surface area (Å²) in [4.78, 5) is 15.4. The van der Waals surface area contributed by atoms with Crippen LogP contribution in [-0.2, 0) is 10.0 Å². The van der Waals surface area contributed by atoms with Crippen LogP contribution in [0.4, 0.5) is 0 Å². The zero-order valence-electron chi connectivity index (χ0n) is 17.7. The van der Waals surface area contributed by atoms with Crippen molar-refractivity contribution in [3.63, 3.8) is 0 Å². The van der Waals surface area contributed by atoms with E-state index in [1.807, 2.05) is 36.5 Å². The van der Waals surface area contributed by atoms with E-state index in [0.29, 0.717) is 18.7 Å². The lowest BCUT2D eigenvalue weighted by Crippen LogP contribution is -2.38. The summed E-state index contributed by atoms with van der Waals surface area (Å²) < 4.78 is 31.2. The van der Waals surface area contributed by atoms with Crippen molar-refractivity contribution in [1.29, 1.82) is 0 Å². The molecule has 1 fully saturated rings. The van der Waals surface area contributed by atoms with E-state index >= 15 is 0 Å². The largest absolute Gasteiger partial charge is 0.497 e. The lowest BCUT2D eigenvalue weighted by molar-refractivity contribution is 0.100. The highest BCUT2D eigenvalue weighted by Gasteiger charge is 2.29. The highest BCUT2D eigenvalue weighted by Crippen LogP contribution is 2.37. The van der Waals surface area contributed by atoms with Gasteiger partial charge in [0.05, 0.1) is 23.9 Å². The van der Waals surface area contributed by atoms with Crippen molar-refractivity contribution >= 4 is 26.8 Å². The minimum Gasteiger partial charge on any atom is -0.497 e. The van der Waals surface area contributed by atoms with E-state index in [0.717, 1.165) is 46.2 Å². The number of nitrogens with zero attached hydrogens (tertiary/aromatic N) is 1. The molecule has 1 amide bonds. The van der Waals surface area contributed by atoms with Crippen molar-refractivity contribution in [3.8, 4) is 16.9 Å². The van der Waals surface area contributed by atoms with Crippen LogP contribution in [0, 0.1) is 0 Å². The fourth-order valence-electron chi connectivity index (χ4n) is 4.36. The number of carbonyl (C=O) groups excluding carboxylic acids is 1. The number of aromatic amines is 1. The number of primary amides is 1. The Morgan fingerprint density at radius 1 is 1.16 bits per heavy atom. The average Bonchev–Trinajstić information content (AvgIpc) is 3.22. The highest BCUT2D eigenvalue weighted by atomic mass is 32.2. The van der Waals surface area contributed by atoms with Gasteiger partial charge in [-0.25, -0.2) is 12.7 Å². The van der Waals surface area contributed by atoms with Crippen LogP contribution in [0.2, 0.25) is 0 Å². The monoisotopic (exact) mass is 441 g/mol. The maximum absolute atomic E-state index is 12.2. The lowest BCUT2D eigenvalue weighted by Gasteiger charge is -2.31. The molecule has 1 aliphatic rings. The number of rotatable bonds is 6. The number of nitrogens with two attached hydrogens (primary N) is 1. The standard InChI is InChI=1S/C23H27N3O4S/c1-3-31(28,29)26-10-8-16(9-11-26)21-14-25-22-19(21)12-17(13-20(22)23(24)27)15-4-6-18(30-2)7-5-15/h4-7,12-14,16,25H,3,8-11H2,1-2H3,(H2,24,27). The molecule has 0 spiro atoms. The number of aromatic nitrogens is 1. The van der Waals surface area contributed by atoms with Crippen LogP contribution in [0.15, 0.2) is 42.6 Å². The molecule has 0 saturated carbocycles. The molecule has 0 bridgehead atoms. The van der Waals surface area contributed by atoms with Crippen LogP contribution in [0.5, 0.6) is 5.75 Å². The van der Waals surface area contributed by atoms with E-state index < -0.39 is 15.9 Å². The van der Waals surface area contributed by atoms with Gasteiger partial charge in [0, 0.05) is 24.7 Å². The first-order valence-electron chi connectivity index (χ1n) is 10.4. The smallest absolute Gasteiger partial charge is 0.250 e. The molecule has 0 unspecified atom stereocenters. The average molecular weight is 442 g/mol. The second-order valence-corrected chi connectivity index (χ2v) is 10.1. The van der Waals surface area contributed by atoms with Crippen molar-refractivity contribution in [2.75, 3.05) is 26.0 Å². The predicted molar refractivity (Wildman–Crippen MR) is 122 cm³/mol. The number of sulfonamides is 1. The van der Waals surface area contributed by atoms with Crippen LogP contribution < -0.4 is 10.5 Å². The molecule has 3 N–H and O–H groups in total. The van der Waals surface area contributed by atoms with Crippen LogP contribution in [0.3, 0.4) is 0 Å². The quantitative estimate of drug-likeness (QED) is 0.611. The van der Waals surface area contributed by atoms with E-state index in [9.17, 15) is 13.2 Å². The van der Waals surface area contributed by atoms with Gasteiger partial charge in [0.25, 0.3) is 5.91 Å². The Labute approximate surface area is 182 Å². The van der Waals surface area contributed by atoms with E-state index in [-0.39, 0.29) is 11.7 Å². The molecule has 1 aromatic heterocycles. The third-order valence-electron chi connectivity index (χ3n) is 6.16. The molecule has 0 aliphatic carbocycles. The van der Waals surface area contributed by atoms with Gasteiger partial charge in [-0.1, -0.05) is 12.1 Å². The predicted octanol–water partition coefficient (Wildman–Crippen LogP) is 3.47. The van der Waals surface area contributed by atoms with Crippen LogP contribution in [0.25, 0.3) is 22.0 Å². The van der Waals surface area contributed by atoms with E-state index in [1.54, 1.807) is 18.3 Å². The second kappa shape index (κ2) is 8.36. The first kappa shape index (κ1) is 21.4. The summed E-state index contributed by atoms with van der Waals surface area (Å²) in [5.74, 6) is 0.607. The fourth-order valence-corrected chi connectivity index (χ4v) is 5.50. The van der Waals surface area contributed by atoms with Crippen LogP contribution >= 0.6 is 0 Å². The molecular weight excluding hydrogens is 414 g/mol. The molecule has 0 atom stereocenters. The van der Waals surface area contributed by atoms with Crippen LogP contribution in [0.1, 0.15) is 41.6 Å². The summed E-state index contributed by atoms with van der Waals surface area (Å²) in [7, 11) is -1.55. The van der Waals surface area contributed by atoms with Gasteiger partial charge in [-0.05, 0) is 66.6 Å². The normalized spacial score (nSPS) is 15.9. The number of amides is 1. The minimum absolute atomic E-state index is 0.123. The number of H-pyrrole nitrogens is 1. The summed E-state index contributed by atoms with van der Waals surface area (Å²) in [5.41, 5.74) is 9.82. The van der Waals surface area contributed by atoms with Gasteiger partial charge in [-0.3, -0.25) is 4.79 Å². The Morgan fingerprint density at radius 3 is 2.42 bits per heavy atom. The molecule has 1 saturated heterocycles. The highest BCUT2D eigenvalue weighted by molar-refractivity contribution is 7.89. The maximum atomic E-state index is 12.2. The third kappa shape index (κ3) is 4.05. The number of ether oxygens (including phenoxy) is 1.